The van der Waals surface area contributed by atoms with E-state index in [0.717, 1.165) is 47.0 Å². The molecular formula is C22H27N5O2. The van der Waals surface area contributed by atoms with Crippen LogP contribution in [-0.2, 0) is 13.0 Å². The molecule has 0 amide bonds. The van der Waals surface area contributed by atoms with Gasteiger partial charge in [0.1, 0.15) is 17.8 Å². The Bertz CT molecular complexity index is 1180. The molecule has 0 aliphatic carbocycles. The number of benzene rings is 1. The van der Waals surface area contributed by atoms with Crippen LogP contribution in [0.3, 0.4) is 0 Å². The molecule has 0 saturated heterocycles. The van der Waals surface area contributed by atoms with Crippen LogP contribution in [0.5, 0.6) is 11.5 Å². The van der Waals surface area contributed by atoms with E-state index in [2.05, 4.69) is 45.6 Å². The molecule has 3 heterocycles. The fourth-order valence-corrected chi connectivity index (χ4v) is 3.80. The molecule has 7 heteroatoms. The summed E-state index contributed by atoms with van der Waals surface area (Å²) < 4.78 is 15.5. The third-order valence-electron chi connectivity index (χ3n) is 5.28. The van der Waals surface area contributed by atoms with Gasteiger partial charge in [0.2, 0.25) is 0 Å². The van der Waals surface area contributed by atoms with Gasteiger partial charge in [-0.15, -0.1) is 0 Å². The molecule has 4 rings (SSSR count). The third kappa shape index (κ3) is 3.41. The Morgan fingerprint density at radius 3 is 2.48 bits per heavy atom. The Morgan fingerprint density at radius 1 is 0.966 bits per heavy atom. The van der Waals surface area contributed by atoms with Crippen molar-refractivity contribution in [2.75, 3.05) is 13.2 Å². The molecule has 0 aliphatic heterocycles. The van der Waals surface area contributed by atoms with Gasteiger partial charge in [0.25, 0.3) is 0 Å². The number of fused-ring (bicyclic) bond motifs is 3. The summed E-state index contributed by atoms with van der Waals surface area (Å²) in [7, 11) is 0. The number of aromatic nitrogens is 5. The van der Waals surface area contributed by atoms with Crippen molar-refractivity contribution in [1.29, 1.82) is 0 Å². The van der Waals surface area contributed by atoms with Gasteiger partial charge in [-0.2, -0.15) is 5.10 Å². The Labute approximate surface area is 170 Å². The van der Waals surface area contributed by atoms with E-state index in [1.54, 1.807) is 10.8 Å². The van der Waals surface area contributed by atoms with Gasteiger partial charge in [0.15, 0.2) is 17.1 Å². The number of rotatable bonds is 7. The van der Waals surface area contributed by atoms with E-state index < -0.39 is 0 Å². The summed E-state index contributed by atoms with van der Waals surface area (Å²) >= 11 is 0. The molecule has 3 aromatic heterocycles. The van der Waals surface area contributed by atoms with Crippen LogP contribution in [0.4, 0.5) is 0 Å². The van der Waals surface area contributed by atoms with Gasteiger partial charge in [-0.05, 0) is 64.3 Å². The second-order valence-corrected chi connectivity index (χ2v) is 7.13. The zero-order valence-electron chi connectivity index (χ0n) is 17.7. The monoisotopic (exact) mass is 393 g/mol. The molecule has 0 radical (unpaired) electrons. The predicted molar refractivity (Wildman–Crippen MR) is 113 cm³/mol. The topological polar surface area (TPSA) is 66.5 Å². The van der Waals surface area contributed by atoms with Crippen molar-refractivity contribution in [3.05, 3.63) is 47.2 Å². The van der Waals surface area contributed by atoms with Crippen LogP contribution >= 0.6 is 0 Å². The first kappa shape index (κ1) is 19.2. The minimum atomic E-state index is 0.613. The third-order valence-corrected chi connectivity index (χ3v) is 5.28. The Hall–Kier alpha value is -3.09. The number of aryl methyl sites for hydroxylation is 4. The van der Waals surface area contributed by atoms with Gasteiger partial charge in [-0.25, -0.2) is 14.5 Å². The van der Waals surface area contributed by atoms with Crippen molar-refractivity contribution in [3.8, 4) is 11.5 Å². The standard InChI is InChI=1S/C22H27N5O2/c1-6-28-18-9-8-17(12-19(18)29-7-2)10-11-26-15(4)14(3)20-21(26)23-13-27-22(20)24-16(5)25-27/h8-9,12-13H,6-7,10-11H2,1-5H3. The van der Waals surface area contributed by atoms with E-state index in [4.69, 9.17) is 9.47 Å². The quantitative estimate of drug-likeness (QED) is 0.474. The lowest BCUT2D eigenvalue weighted by Crippen LogP contribution is -2.05. The van der Waals surface area contributed by atoms with Crippen LogP contribution in [0.2, 0.25) is 0 Å². The number of ether oxygens (including phenoxy) is 2. The highest BCUT2D eigenvalue weighted by Gasteiger charge is 2.17. The maximum absolute atomic E-state index is 5.77. The fraction of sp³-hybridized carbons (Fsp3) is 0.409. The van der Waals surface area contributed by atoms with E-state index in [9.17, 15) is 0 Å². The Morgan fingerprint density at radius 2 is 1.72 bits per heavy atom. The van der Waals surface area contributed by atoms with Crippen LogP contribution in [0.15, 0.2) is 24.5 Å². The van der Waals surface area contributed by atoms with Gasteiger partial charge >= 0.3 is 0 Å². The highest BCUT2D eigenvalue weighted by atomic mass is 16.5. The normalized spacial score (nSPS) is 11.5. The Balaban J connectivity index is 1.67. The number of hydrogen-bond donors (Lipinski definition) is 0. The van der Waals surface area contributed by atoms with E-state index in [1.807, 2.05) is 26.8 Å². The van der Waals surface area contributed by atoms with Crippen molar-refractivity contribution in [3.63, 3.8) is 0 Å². The molecule has 0 unspecified atom stereocenters. The zero-order valence-corrected chi connectivity index (χ0v) is 17.7. The maximum atomic E-state index is 5.77. The summed E-state index contributed by atoms with van der Waals surface area (Å²) in [5.41, 5.74) is 5.43. The van der Waals surface area contributed by atoms with Gasteiger partial charge in [-0.1, -0.05) is 6.07 Å². The molecule has 0 aliphatic rings. The maximum Gasteiger partial charge on any atom is 0.168 e. The van der Waals surface area contributed by atoms with Crippen LogP contribution in [0.25, 0.3) is 16.7 Å². The van der Waals surface area contributed by atoms with E-state index in [1.165, 1.54) is 16.8 Å². The molecule has 0 fully saturated rings. The van der Waals surface area contributed by atoms with Crippen molar-refractivity contribution >= 4 is 16.7 Å². The van der Waals surface area contributed by atoms with Crippen LogP contribution in [-0.4, -0.2) is 37.4 Å². The van der Waals surface area contributed by atoms with Crippen LogP contribution in [0, 0.1) is 20.8 Å². The molecule has 0 atom stereocenters. The molecule has 152 valence electrons. The lowest BCUT2D eigenvalue weighted by Gasteiger charge is -2.13. The van der Waals surface area contributed by atoms with E-state index in [-0.39, 0.29) is 0 Å². The molecule has 4 aromatic rings. The first-order valence-corrected chi connectivity index (χ1v) is 10.1. The summed E-state index contributed by atoms with van der Waals surface area (Å²) in [5.74, 6) is 2.35. The largest absolute Gasteiger partial charge is 0.490 e. The summed E-state index contributed by atoms with van der Waals surface area (Å²) in [6.45, 7) is 12.2. The lowest BCUT2D eigenvalue weighted by molar-refractivity contribution is 0.287. The van der Waals surface area contributed by atoms with Crippen molar-refractivity contribution < 1.29 is 9.47 Å². The average molecular weight is 393 g/mol. The van der Waals surface area contributed by atoms with Crippen LogP contribution in [0.1, 0.15) is 36.5 Å². The van der Waals surface area contributed by atoms with E-state index >= 15 is 0 Å². The van der Waals surface area contributed by atoms with Gasteiger partial charge in [0, 0.05) is 12.2 Å². The Kier molecular flexibility index (Phi) is 5.13. The predicted octanol–water partition coefficient (Wildman–Crippen LogP) is 4.04. The summed E-state index contributed by atoms with van der Waals surface area (Å²) in [5, 5.41) is 5.47. The molecule has 0 spiro atoms. The number of nitrogens with zero attached hydrogens (tertiary/aromatic N) is 5. The molecule has 1 aromatic carbocycles. The van der Waals surface area contributed by atoms with Gasteiger partial charge < -0.3 is 14.0 Å². The number of hydrogen-bond acceptors (Lipinski definition) is 5. The van der Waals surface area contributed by atoms with Crippen molar-refractivity contribution in [1.82, 2.24) is 24.1 Å². The summed E-state index contributed by atoms with van der Waals surface area (Å²) in [6.07, 6.45) is 2.62. The smallest absolute Gasteiger partial charge is 0.168 e. The molecule has 0 saturated carbocycles. The molecule has 0 bridgehead atoms. The first-order valence-electron chi connectivity index (χ1n) is 10.1. The molecule has 0 N–H and O–H groups in total. The second-order valence-electron chi connectivity index (χ2n) is 7.13. The van der Waals surface area contributed by atoms with E-state index in [0.29, 0.717) is 13.2 Å². The molecule has 7 nitrogen and oxygen atoms in total. The van der Waals surface area contributed by atoms with Gasteiger partial charge in [-0.3, -0.25) is 0 Å². The average Bonchev–Trinajstić information content (AvgIpc) is 3.19. The van der Waals surface area contributed by atoms with Crippen molar-refractivity contribution in [2.24, 2.45) is 0 Å². The minimum absolute atomic E-state index is 0.613. The second kappa shape index (κ2) is 7.73. The zero-order chi connectivity index (χ0) is 20.5. The van der Waals surface area contributed by atoms with Crippen LogP contribution < -0.4 is 9.47 Å². The SMILES string of the molecule is CCOc1ccc(CCn2c(C)c(C)c3c2ncn2nc(C)nc32)cc1OCC. The minimum Gasteiger partial charge on any atom is -0.490 e. The van der Waals surface area contributed by atoms with Gasteiger partial charge in [0.05, 0.1) is 18.6 Å². The lowest BCUT2D eigenvalue weighted by atomic mass is 10.1. The highest BCUT2D eigenvalue weighted by Crippen LogP contribution is 2.30. The fourth-order valence-electron chi connectivity index (χ4n) is 3.80. The highest BCUT2D eigenvalue weighted by molar-refractivity contribution is 5.93. The summed E-state index contributed by atoms with van der Waals surface area (Å²) in [4.78, 5) is 9.28. The first-order chi connectivity index (χ1) is 14.0. The summed E-state index contributed by atoms with van der Waals surface area (Å²) in [6, 6.07) is 6.18. The van der Waals surface area contributed by atoms with Crippen molar-refractivity contribution in [2.45, 2.75) is 47.6 Å². The molecular weight excluding hydrogens is 366 g/mol. The molecule has 29 heavy (non-hydrogen) atoms.